The number of hydrogen-bond acceptors (Lipinski definition) is 3. The van der Waals surface area contributed by atoms with E-state index in [0.29, 0.717) is 0 Å². The molecule has 3 aromatic rings. The number of aromatic amines is 1. The van der Waals surface area contributed by atoms with Crippen LogP contribution in [0.2, 0.25) is 0 Å². The van der Waals surface area contributed by atoms with Gasteiger partial charge < -0.3 is 10.1 Å². The van der Waals surface area contributed by atoms with E-state index in [1.54, 1.807) is 0 Å². The van der Waals surface area contributed by atoms with Crippen molar-refractivity contribution in [2.45, 2.75) is 35.3 Å². The minimum atomic E-state index is -0.798. The number of carboxylic acid groups (broad SMARTS) is 1. The van der Waals surface area contributed by atoms with Crippen LogP contribution in [0.3, 0.4) is 0 Å². The molecule has 2 N–H and O–H groups in total. The summed E-state index contributed by atoms with van der Waals surface area (Å²) in [5.74, 6) is -0.720. The van der Waals surface area contributed by atoms with Gasteiger partial charge in [0, 0.05) is 31.1 Å². The highest BCUT2D eigenvalue weighted by Crippen LogP contribution is 2.35. The first-order valence-electron chi connectivity index (χ1n) is 8.07. The Bertz CT molecular complexity index is 909. The molecule has 1 aromatic heterocycles. The standard InChI is InChI=1S/C20H21NO2S2/c1-20(2,3)25-16-6-4-5-13(9-16)18-11-14-10-15(24-12-19(22)23)7-8-17(14)21-18/h4-11,21H,12H2,1-3H3,(H,22,23). The zero-order valence-corrected chi connectivity index (χ0v) is 16.1. The maximum absolute atomic E-state index is 10.7. The number of carboxylic acids is 1. The lowest BCUT2D eigenvalue weighted by Gasteiger charge is -2.17. The summed E-state index contributed by atoms with van der Waals surface area (Å²) >= 11 is 3.20. The van der Waals surface area contributed by atoms with Gasteiger partial charge in [0.05, 0.1) is 5.75 Å². The van der Waals surface area contributed by atoms with Crippen LogP contribution in [0.25, 0.3) is 22.2 Å². The van der Waals surface area contributed by atoms with Gasteiger partial charge in [-0.05, 0) is 42.0 Å². The third kappa shape index (κ3) is 4.83. The summed E-state index contributed by atoms with van der Waals surface area (Å²) in [6.07, 6.45) is 0. The van der Waals surface area contributed by atoms with Crippen molar-refractivity contribution < 1.29 is 9.90 Å². The lowest BCUT2D eigenvalue weighted by Crippen LogP contribution is -2.06. The zero-order valence-electron chi connectivity index (χ0n) is 14.5. The Labute approximate surface area is 156 Å². The fraction of sp³-hybridized carbons (Fsp3) is 0.250. The molecule has 0 radical (unpaired) electrons. The summed E-state index contributed by atoms with van der Waals surface area (Å²) in [4.78, 5) is 16.4. The van der Waals surface area contributed by atoms with Crippen LogP contribution in [0.5, 0.6) is 0 Å². The van der Waals surface area contributed by atoms with E-state index in [0.717, 1.165) is 27.1 Å². The molecule has 2 aromatic carbocycles. The topological polar surface area (TPSA) is 53.1 Å². The van der Waals surface area contributed by atoms with Gasteiger partial charge >= 0.3 is 5.97 Å². The SMILES string of the molecule is CC(C)(C)Sc1cccc(-c2cc3cc(SCC(=O)O)ccc3[nH]2)c1. The first kappa shape index (κ1) is 18.0. The second kappa shape index (κ2) is 7.18. The van der Waals surface area contributed by atoms with E-state index in [1.807, 2.05) is 30.0 Å². The maximum Gasteiger partial charge on any atom is 0.313 e. The molecule has 0 unspecified atom stereocenters. The molecule has 3 rings (SSSR count). The molecule has 0 spiro atoms. The third-order valence-corrected chi connectivity index (χ3v) is 5.60. The minimum Gasteiger partial charge on any atom is -0.481 e. The van der Waals surface area contributed by atoms with Crippen LogP contribution < -0.4 is 0 Å². The van der Waals surface area contributed by atoms with Crippen molar-refractivity contribution in [2.24, 2.45) is 0 Å². The highest BCUT2D eigenvalue weighted by Gasteiger charge is 2.13. The summed E-state index contributed by atoms with van der Waals surface area (Å²) in [6.45, 7) is 6.64. The Morgan fingerprint density at radius 3 is 2.60 bits per heavy atom. The number of benzene rings is 2. The van der Waals surface area contributed by atoms with Gasteiger partial charge in [-0.25, -0.2) is 0 Å². The van der Waals surface area contributed by atoms with E-state index in [-0.39, 0.29) is 10.5 Å². The second-order valence-electron chi connectivity index (χ2n) is 6.86. The maximum atomic E-state index is 10.7. The number of H-pyrrole nitrogens is 1. The molecule has 0 bridgehead atoms. The average Bonchev–Trinajstić information content (AvgIpc) is 2.94. The van der Waals surface area contributed by atoms with Crippen LogP contribution in [0, 0.1) is 0 Å². The van der Waals surface area contributed by atoms with Crippen LogP contribution in [0.1, 0.15) is 20.8 Å². The summed E-state index contributed by atoms with van der Waals surface area (Å²) in [5.41, 5.74) is 3.29. The van der Waals surface area contributed by atoms with Gasteiger partial charge in [0.25, 0.3) is 0 Å². The van der Waals surface area contributed by atoms with E-state index in [2.05, 4.69) is 56.1 Å². The zero-order chi connectivity index (χ0) is 18.0. The Morgan fingerprint density at radius 1 is 1.08 bits per heavy atom. The van der Waals surface area contributed by atoms with E-state index >= 15 is 0 Å². The summed E-state index contributed by atoms with van der Waals surface area (Å²) in [5, 5.41) is 9.91. The molecule has 0 amide bonds. The van der Waals surface area contributed by atoms with E-state index in [4.69, 9.17) is 5.11 Å². The number of aliphatic carboxylic acids is 1. The molecule has 0 saturated heterocycles. The number of fused-ring (bicyclic) bond motifs is 1. The Balaban J connectivity index is 1.89. The molecule has 0 aliphatic rings. The molecule has 0 saturated carbocycles. The number of thioether (sulfide) groups is 2. The average molecular weight is 372 g/mol. The van der Waals surface area contributed by atoms with E-state index in [1.165, 1.54) is 16.7 Å². The predicted octanol–water partition coefficient (Wildman–Crippen LogP) is 5.90. The van der Waals surface area contributed by atoms with E-state index < -0.39 is 5.97 Å². The van der Waals surface area contributed by atoms with Gasteiger partial charge in [-0.15, -0.1) is 23.5 Å². The van der Waals surface area contributed by atoms with Crippen molar-refractivity contribution in [3.63, 3.8) is 0 Å². The van der Waals surface area contributed by atoms with Gasteiger partial charge in [0.15, 0.2) is 0 Å². The number of nitrogens with one attached hydrogen (secondary N) is 1. The summed E-state index contributed by atoms with van der Waals surface area (Å²) in [6, 6.07) is 16.7. The molecule has 130 valence electrons. The van der Waals surface area contributed by atoms with Gasteiger partial charge in [0.1, 0.15) is 0 Å². The predicted molar refractivity (Wildman–Crippen MR) is 108 cm³/mol. The monoisotopic (exact) mass is 371 g/mol. The van der Waals surface area contributed by atoms with Crippen molar-refractivity contribution in [3.05, 3.63) is 48.5 Å². The van der Waals surface area contributed by atoms with Crippen LogP contribution >= 0.6 is 23.5 Å². The fourth-order valence-electron chi connectivity index (χ4n) is 2.58. The number of carbonyl (C=O) groups is 1. The van der Waals surface area contributed by atoms with Crippen LogP contribution in [-0.2, 0) is 4.79 Å². The van der Waals surface area contributed by atoms with Gasteiger partial charge in [0.2, 0.25) is 0 Å². The third-order valence-electron chi connectivity index (χ3n) is 3.52. The molecule has 0 aliphatic carbocycles. The summed E-state index contributed by atoms with van der Waals surface area (Å²) in [7, 11) is 0. The van der Waals surface area contributed by atoms with Crippen LogP contribution in [0.4, 0.5) is 0 Å². The highest BCUT2D eigenvalue weighted by molar-refractivity contribution is 8.00. The largest absolute Gasteiger partial charge is 0.481 e. The molecule has 0 aliphatic heterocycles. The van der Waals surface area contributed by atoms with Crippen molar-refractivity contribution in [1.29, 1.82) is 0 Å². The minimum absolute atomic E-state index is 0.0782. The smallest absolute Gasteiger partial charge is 0.313 e. The lowest BCUT2D eigenvalue weighted by molar-refractivity contribution is -0.133. The molecule has 0 fully saturated rings. The molecular formula is C20H21NO2S2. The lowest BCUT2D eigenvalue weighted by atomic mass is 10.1. The van der Waals surface area contributed by atoms with Crippen molar-refractivity contribution >= 4 is 40.4 Å². The molecule has 3 nitrogen and oxygen atoms in total. The Hall–Kier alpha value is -1.85. The quantitative estimate of drug-likeness (QED) is 0.548. The fourth-order valence-corrected chi connectivity index (χ4v) is 4.29. The van der Waals surface area contributed by atoms with Gasteiger partial charge in [-0.2, -0.15) is 0 Å². The normalized spacial score (nSPS) is 11.8. The number of rotatable bonds is 5. The molecular weight excluding hydrogens is 350 g/mol. The van der Waals surface area contributed by atoms with Crippen molar-refractivity contribution in [2.75, 3.05) is 5.75 Å². The van der Waals surface area contributed by atoms with Crippen LogP contribution in [-0.4, -0.2) is 26.6 Å². The molecule has 5 heteroatoms. The number of aromatic nitrogens is 1. The van der Waals surface area contributed by atoms with Gasteiger partial charge in [-0.3, -0.25) is 4.79 Å². The molecule has 0 atom stereocenters. The van der Waals surface area contributed by atoms with Crippen molar-refractivity contribution in [3.8, 4) is 11.3 Å². The second-order valence-corrected chi connectivity index (χ2v) is 9.81. The molecule has 1 heterocycles. The Morgan fingerprint density at radius 2 is 1.88 bits per heavy atom. The first-order valence-corrected chi connectivity index (χ1v) is 9.87. The van der Waals surface area contributed by atoms with Crippen LogP contribution in [0.15, 0.2) is 58.3 Å². The number of hydrogen-bond donors (Lipinski definition) is 2. The summed E-state index contributed by atoms with van der Waals surface area (Å²) < 4.78 is 0.176. The Kier molecular flexibility index (Phi) is 5.16. The molecule has 25 heavy (non-hydrogen) atoms. The first-order chi connectivity index (χ1) is 11.8. The van der Waals surface area contributed by atoms with Crippen molar-refractivity contribution in [1.82, 2.24) is 4.98 Å². The highest BCUT2D eigenvalue weighted by atomic mass is 32.2. The van der Waals surface area contributed by atoms with E-state index in [9.17, 15) is 4.79 Å². The van der Waals surface area contributed by atoms with Gasteiger partial charge in [-0.1, -0.05) is 32.9 Å².